The molecule has 1 unspecified atom stereocenters. The molecule has 0 aromatic carbocycles. The summed E-state index contributed by atoms with van der Waals surface area (Å²) < 4.78 is 7.76. The number of morpholine rings is 1. The predicted molar refractivity (Wildman–Crippen MR) is 121 cm³/mol. The second-order valence-electron chi connectivity index (χ2n) is 7.41. The Hall–Kier alpha value is -0.910. The Kier molecular flexibility index (Phi) is 9.96. The molecule has 2 aliphatic rings. The van der Waals surface area contributed by atoms with E-state index in [1.807, 2.05) is 24.1 Å². The van der Waals surface area contributed by atoms with Gasteiger partial charge in [-0.1, -0.05) is 0 Å². The molecule has 3 rings (SSSR count). The molecule has 160 valence electrons. The van der Waals surface area contributed by atoms with Crippen LogP contribution < -0.4 is 5.32 Å². The number of halogens is 1. The van der Waals surface area contributed by atoms with Gasteiger partial charge >= 0.3 is 0 Å². The van der Waals surface area contributed by atoms with E-state index in [0.717, 1.165) is 76.6 Å². The van der Waals surface area contributed by atoms with Crippen molar-refractivity contribution in [3.63, 3.8) is 0 Å². The number of rotatable bonds is 6. The molecule has 0 saturated carbocycles. The second-order valence-corrected chi connectivity index (χ2v) is 7.41. The van der Waals surface area contributed by atoms with Gasteiger partial charge in [0.1, 0.15) is 6.10 Å². The summed E-state index contributed by atoms with van der Waals surface area (Å²) in [5.41, 5.74) is 1.12. The SMILES string of the molecule is CCNC(=NCCCN1CCC(O)CC1)N1CCOC(c2cnn(C)c2)C1.I. The van der Waals surface area contributed by atoms with Crippen LogP contribution in [0.2, 0.25) is 0 Å². The lowest BCUT2D eigenvalue weighted by Crippen LogP contribution is -2.48. The molecule has 0 spiro atoms. The van der Waals surface area contributed by atoms with Crippen LogP contribution in [0.1, 0.15) is 37.9 Å². The summed E-state index contributed by atoms with van der Waals surface area (Å²) in [5.74, 6) is 0.976. The highest BCUT2D eigenvalue weighted by Crippen LogP contribution is 2.21. The highest BCUT2D eigenvalue weighted by molar-refractivity contribution is 14.0. The van der Waals surface area contributed by atoms with Crippen LogP contribution in [0.25, 0.3) is 0 Å². The fourth-order valence-electron chi connectivity index (χ4n) is 3.70. The number of guanidine groups is 1. The summed E-state index contributed by atoms with van der Waals surface area (Å²) in [5, 5.41) is 17.3. The summed E-state index contributed by atoms with van der Waals surface area (Å²) in [4.78, 5) is 9.58. The van der Waals surface area contributed by atoms with Crippen LogP contribution >= 0.6 is 24.0 Å². The van der Waals surface area contributed by atoms with Crippen LogP contribution in [0.4, 0.5) is 0 Å². The van der Waals surface area contributed by atoms with Gasteiger partial charge in [-0.2, -0.15) is 5.10 Å². The summed E-state index contributed by atoms with van der Waals surface area (Å²) in [6.45, 7) is 9.18. The Morgan fingerprint density at radius 1 is 1.36 bits per heavy atom. The van der Waals surface area contributed by atoms with Crippen molar-refractivity contribution in [1.29, 1.82) is 0 Å². The van der Waals surface area contributed by atoms with Crippen molar-refractivity contribution in [2.24, 2.45) is 12.0 Å². The summed E-state index contributed by atoms with van der Waals surface area (Å²) >= 11 is 0. The Labute approximate surface area is 185 Å². The molecule has 2 N–H and O–H groups in total. The number of hydrogen-bond acceptors (Lipinski definition) is 5. The molecule has 2 fully saturated rings. The number of aliphatic imine (C=N–C) groups is 1. The lowest BCUT2D eigenvalue weighted by Gasteiger charge is -2.35. The molecule has 0 amide bonds. The number of ether oxygens (including phenoxy) is 1. The first-order valence-corrected chi connectivity index (χ1v) is 10.2. The molecule has 9 heteroatoms. The van der Waals surface area contributed by atoms with Gasteiger partial charge in [0.05, 0.1) is 25.5 Å². The third-order valence-electron chi connectivity index (χ3n) is 5.25. The van der Waals surface area contributed by atoms with E-state index in [1.54, 1.807) is 0 Å². The van der Waals surface area contributed by atoms with Crippen molar-refractivity contribution in [3.8, 4) is 0 Å². The topological polar surface area (TPSA) is 78.2 Å². The fourth-order valence-corrected chi connectivity index (χ4v) is 3.70. The zero-order valence-electron chi connectivity index (χ0n) is 17.1. The van der Waals surface area contributed by atoms with E-state index in [0.29, 0.717) is 6.61 Å². The first-order valence-electron chi connectivity index (χ1n) is 10.2. The average molecular weight is 506 g/mol. The molecule has 8 nitrogen and oxygen atoms in total. The van der Waals surface area contributed by atoms with E-state index in [2.05, 4.69) is 27.1 Å². The van der Waals surface area contributed by atoms with E-state index in [9.17, 15) is 5.11 Å². The lowest BCUT2D eigenvalue weighted by molar-refractivity contribution is -0.00804. The number of nitrogens with one attached hydrogen (secondary N) is 1. The molecular formula is C19H35IN6O2. The molecule has 1 atom stereocenters. The normalized spacial score (nSPS) is 22.2. The molecule has 1 aromatic heterocycles. The third-order valence-corrected chi connectivity index (χ3v) is 5.25. The Bertz CT molecular complexity index is 603. The van der Waals surface area contributed by atoms with Crippen LogP contribution in [0, 0.1) is 0 Å². The van der Waals surface area contributed by atoms with Crippen molar-refractivity contribution in [1.82, 2.24) is 24.9 Å². The largest absolute Gasteiger partial charge is 0.393 e. The summed E-state index contributed by atoms with van der Waals surface area (Å²) in [6.07, 6.45) is 6.68. The Morgan fingerprint density at radius 2 is 2.14 bits per heavy atom. The van der Waals surface area contributed by atoms with E-state index >= 15 is 0 Å². The van der Waals surface area contributed by atoms with Gasteiger partial charge in [0.25, 0.3) is 0 Å². The van der Waals surface area contributed by atoms with Gasteiger partial charge < -0.3 is 25.0 Å². The standard InChI is InChI=1S/C19H34N6O2.HI/c1-3-20-19(21-7-4-8-24-9-5-17(26)6-10-24)25-11-12-27-18(15-25)16-13-22-23(2)14-16;/h13-14,17-18,26H,3-12,15H2,1-2H3,(H,20,21);1H. The smallest absolute Gasteiger partial charge is 0.194 e. The monoisotopic (exact) mass is 506 g/mol. The van der Waals surface area contributed by atoms with Crippen molar-refractivity contribution in [3.05, 3.63) is 18.0 Å². The molecule has 0 bridgehead atoms. The van der Waals surface area contributed by atoms with Crippen LogP contribution in [0.15, 0.2) is 17.4 Å². The fraction of sp³-hybridized carbons (Fsp3) is 0.789. The van der Waals surface area contributed by atoms with Crippen LogP contribution in [0.5, 0.6) is 0 Å². The van der Waals surface area contributed by atoms with Gasteiger partial charge in [0, 0.05) is 51.5 Å². The average Bonchev–Trinajstić information content (AvgIpc) is 3.12. The van der Waals surface area contributed by atoms with E-state index in [1.165, 1.54) is 0 Å². The first kappa shape index (κ1) is 23.4. The zero-order valence-corrected chi connectivity index (χ0v) is 19.4. The van der Waals surface area contributed by atoms with E-state index in [-0.39, 0.29) is 36.2 Å². The van der Waals surface area contributed by atoms with Crippen LogP contribution in [0.3, 0.4) is 0 Å². The van der Waals surface area contributed by atoms with Gasteiger partial charge in [-0.05, 0) is 32.7 Å². The van der Waals surface area contributed by atoms with Gasteiger partial charge in [0.15, 0.2) is 5.96 Å². The number of likely N-dealkylation sites (tertiary alicyclic amines) is 1. The molecule has 2 aliphatic heterocycles. The van der Waals surface area contributed by atoms with Crippen molar-refractivity contribution >= 4 is 29.9 Å². The summed E-state index contributed by atoms with van der Waals surface area (Å²) in [7, 11) is 1.93. The minimum absolute atomic E-state index is 0. The van der Waals surface area contributed by atoms with E-state index < -0.39 is 0 Å². The molecule has 0 radical (unpaired) electrons. The molecule has 3 heterocycles. The Morgan fingerprint density at radius 3 is 2.82 bits per heavy atom. The minimum atomic E-state index is -0.103. The van der Waals surface area contributed by atoms with Crippen LogP contribution in [-0.2, 0) is 11.8 Å². The van der Waals surface area contributed by atoms with Crippen molar-refractivity contribution in [2.75, 3.05) is 52.4 Å². The molecular weight excluding hydrogens is 471 g/mol. The number of aliphatic hydroxyl groups is 1. The molecule has 28 heavy (non-hydrogen) atoms. The number of aromatic nitrogens is 2. The lowest BCUT2D eigenvalue weighted by atomic mass is 10.1. The van der Waals surface area contributed by atoms with Crippen molar-refractivity contribution < 1.29 is 9.84 Å². The third kappa shape index (κ3) is 6.85. The maximum Gasteiger partial charge on any atom is 0.194 e. The number of nitrogens with zero attached hydrogens (tertiary/aromatic N) is 5. The minimum Gasteiger partial charge on any atom is -0.393 e. The molecule has 1 aromatic rings. The predicted octanol–water partition coefficient (Wildman–Crippen LogP) is 1.22. The summed E-state index contributed by atoms with van der Waals surface area (Å²) in [6, 6.07) is 0. The van der Waals surface area contributed by atoms with Crippen LogP contribution in [-0.4, -0.2) is 89.2 Å². The zero-order chi connectivity index (χ0) is 19.1. The highest BCUT2D eigenvalue weighted by atomic mass is 127. The Balaban J connectivity index is 0.00000280. The number of piperidine rings is 1. The van der Waals surface area contributed by atoms with Gasteiger partial charge in [-0.25, -0.2) is 0 Å². The van der Waals surface area contributed by atoms with Crippen molar-refractivity contribution in [2.45, 2.75) is 38.4 Å². The quantitative estimate of drug-likeness (QED) is 0.262. The van der Waals surface area contributed by atoms with E-state index in [4.69, 9.17) is 9.73 Å². The highest BCUT2D eigenvalue weighted by Gasteiger charge is 2.25. The molecule has 0 aliphatic carbocycles. The maximum absolute atomic E-state index is 9.60. The van der Waals surface area contributed by atoms with Gasteiger partial charge in [-0.15, -0.1) is 24.0 Å². The number of aliphatic hydroxyl groups excluding tert-OH is 1. The van der Waals surface area contributed by atoms with Gasteiger partial charge in [-0.3, -0.25) is 9.67 Å². The second kappa shape index (κ2) is 11.9. The number of aryl methyl sites for hydroxylation is 1. The number of hydrogen-bond donors (Lipinski definition) is 2. The first-order chi connectivity index (χ1) is 13.2. The maximum atomic E-state index is 9.60. The van der Waals surface area contributed by atoms with Gasteiger partial charge in [0.2, 0.25) is 0 Å². The molecule has 2 saturated heterocycles.